The molecule has 0 bridgehead atoms. The molecule has 1 aliphatic rings. The van der Waals surface area contributed by atoms with Gasteiger partial charge in [-0.05, 0) is 38.8 Å². The first kappa shape index (κ1) is 12.9. The minimum Gasteiger partial charge on any atom is -0.396 e. The van der Waals surface area contributed by atoms with Crippen LogP contribution < -0.4 is 5.32 Å². The summed E-state index contributed by atoms with van der Waals surface area (Å²) in [6.07, 6.45) is 4.97. The van der Waals surface area contributed by atoms with Crippen LogP contribution in [0.3, 0.4) is 0 Å². The summed E-state index contributed by atoms with van der Waals surface area (Å²) in [6.45, 7) is 5.87. The maximum Gasteiger partial charge on any atom is 0.0443 e. The molecule has 0 heterocycles. The normalized spacial score (nSPS) is 26.4. The van der Waals surface area contributed by atoms with E-state index in [1.54, 1.807) is 0 Å². The highest BCUT2D eigenvalue weighted by atomic mass is 16.3. The Balaban J connectivity index is 2.29. The quantitative estimate of drug-likeness (QED) is 0.665. The number of rotatable bonds is 7. The lowest BCUT2D eigenvalue weighted by Gasteiger charge is -2.27. The van der Waals surface area contributed by atoms with E-state index >= 15 is 0 Å². The van der Waals surface area contributed by atoms with Crippen LogP contribution in [-0.2, 0) is 0 Å². The van der Waals surface area contributed by atoms with E-state index in [0.717, 1.165) is 25.4 Å². The Morgan fingerprint density at radius 3 is 2.80 bits per heavy atom. The van der Waals surface area contributed by atoms with Gasteiger partial charge in [-0.15, -0.1) is 0 Å². The molecular formula is C12H26N2O. The van der Waals surface area contributed by atoms with Crippen molar-refractivity contribution in [2.24, 2.45) is 5.92 Å². The van der Waals surface area contributed by atoms with E-state index in [1.165, 1.54) is 25.8 Å². The van der Waals surface area contributed by atoms with Crippen LogP contribution in [-0.4, -0.2) is 49.3 Å². The van der Waals surface area contributed by atoms with Crippen LogP contribution in [0, 0.1) is 5.92 Å². The summed E-state index contributed by atoms with van der Waals surface area (Å²) in [5, 5.41) is 12.3. The van der Waals surface area contributed by atoms with Crippen LogP contribution in [0.2, 0.25) is 0 Å². The van der Waals surface area contributed by atoms with Crippen LogP contribution in [0.25, 0.3) is 0 Å². The van der Waals surface area contributed by atoms with Gasteiger partial charge in [0.05, 0.1) is 0 Å². The lowest BCUT2D eigenvalue weighted by atomic mass is 10.0. The first-order valence-corrected chi connectivity index (χ1v) is 6.32. The molecule has 0 spiro atoms. The van der Waals surface area contributed by atoms with Crippen molar-refractivity contribution in [1.82, 2.24) is 10.2 Å². The molecule has 0 radical (unpaired) electrons. The van der Waals surface area contributed by atoms with Crippen molar-refractivity contribution < 1.29 is 5.11 Å². The molecule has 1 fully saturated rings. The molecule has 0 aliphatic heterocycles. The summed E-state index contributed by atoms with van der Waals surface area (Å²) in [4.78, 5) is 2.47. The Bertz CT molecular complexity index is 164. The summed E-state index contributed by atoms with van der Waals surface area (Å²) in [5.74, 6) is 0.814. The molecule has 2 N–H and O–H groups in total. The van der Waals surface area contributed by atoms with E-state index < -0.39 is 0 Å². The second-order valence-corrected chi connectivity index (χ2v) is 4.56. The predicted octanol–water partition coefficient (Wildman–Crippen LogP) is 1.08. The molecule has 0 aromatic heterocycles. The number of aliphatic hydroxyl groups is 1. The Morgan fingerprint density at radius 1 is 1.40 bits per heavy atom. The molecule has 0 saturated heterocycles. The highest BCUT2D eigenvalue weighted by Crippen LogP contribution is 2.26. The molecule has 3 nitrogen and oxygen atoms in total. The summed E-state index contributed by atoms with van der Waals surface area (Å²) in [6, 6.07) is 0.716. The zero-order valence-corrected chi connectivity index (χ0v) is 10.2. The van der Waals surface area contributed by atoms with Crippen LogP contribution in [0.15, 0.2) is 0 Å². The topological polar surface area (TPSA) is 35.5 Å². The third-order valence-electron chi connectivity index (χ3n) is 3.60. The van der Waals surface area contributed by atoms with Crippen LogP contribution in [0.5, 0.6) is 0 Å². The molecule has 0 amide bonds. The number of aliphatic hydroxyl groups excluding tert-OH is 1. The molecule has 0 aromatic rings. The fourth-order valence-electron chi connectivity index (χ4n) is 2.64. The van der Waals surface area contributed by atoms with Crippen molar-refractivity contribution in [1.29, 1.82) is 0 Å². The van der Waals surface area contributed by atoms with Crippen LogP contribution >= 0.6 is 0 Å². The molecule has 3 heteroatoms. The molecular weight excluding hydrogens is 188 g/mol. The molecule has 2 unspecified atom stereocenters. The lowest BCUT2D eigenvalue weighted by Crippen LogP contribution is -2.38. The van der Waals surface area contributed by atoms with Gasteiger partial charge in [0.2, 0.25) is 0 Å². The maximum absolute atomic E-state index is 8.83. The lowest BCUT2D eigenvalue weighted by molar-refractivity contribution is 0.198. The first-order chi connectivity index (χ1) is 7.31. The SMILES string of the molecule is CCN(CCCO)CC1CCCC1NC. The van der Waals surface area contributed by atoms with Crippen LogP contribution in [0.1, 0.15) is 32.6 Å². The number of nitrogens with one attached hydrogen (secondary N) is 1. The number of hydrogen-bond donors (Lipinski definition) is 2. The van der Waals surface area contributed by atoms with Gasteiger partial charge in [0.15, 0.2) is 0 Å². The number of nitrogens with zero attached hydrogens (tertiary/aromatic N) is 1. The van der Waals surface area contributed by atoms with Gasteiger partial charge >= 0.3 is 0 Å². The molecule has 1 saturated carbocycles. The minimum absolute atomic E-state index is 0.316. The smallest absolute Gasteiger partial charge is 0.0443 e. The van der Waals surface area contributed by atoms with E-state index in [9.17, 15) is 0 Å². The number of hydrogen-bond acceptors (Lipinski definition) is 3. The summed E-state index contributed by atoms with van der Waals surface area (Å²) in [5.41, 5.74) is 0. The Labute approximate surface area is 93.9 Å². The summed E-state index contributed by atoms with van der Waals surface area (Å²) < 4.78 is 0. The van der Waals surface area contributed by atoms with Crippen LogP contribution in [0.4, 0.5) is 0 Å². The third kappa shape index (κ3) is 4.09. The average molecular weight is 214 g/mol. The van der Waals surface area contributed by atoms with Crippen molar-refractivity contribution >= 4 is 0 Å². The van der Waals surface area contributed by atoms with Gasteiger partial charge in [0.25, 0.3) is 0 Å². The van der Waals surface area contributed by atoms with Crippen molar-refractivity contribution in [3.63, 3.8) is 0 Å². The molecule has 1 rings (SSSR count). The van der Waals surface area contributed by atoms with Gasteiger partial charge < -0.3 is 15.3 Å². The summed E-state index contributed by atoms with van der Waals surface area (Å²) in [7, 11) is 2.08. The fraction of sp³-hybridized carbons (Fsp3) is 1.00. The van der Waals surface area contributed by atoms with Gasteiger partial charge in [-0.1, -0.05) is 13.3 Å². The zero-order chi connectivity index (χ0) is 11.1. The first-order valence-electron chi connectivity index (χ1n) is 6.32. The minimum atomic E-state index is 0.316. The molecule has 90 valence electrons. The fourth-order valence-corrected chi connectivity index (χ4v) is 2.64. The Morgan fingerprint density at radius 2 is 2.20 bits per heavy atom. The molecule has 1 aliphatic carbocycles. The second-order valence-electron chi connectivity index (χ2n) is 4.56. The third-order valence-corrected chi connectivity index (χ3v) is 3.60. The van der Waals surface area contributed by atoms with Gasteiger partial charge in [0.1, 0.15) is 0 Å². The van der Waals surface area contributed by atoms with Gasteiger partial charge in [-0.25, -0.2) is 0 Å². The van der Waals surface area contributed by atoms with Gasteiger partial charge in [-0.2, -0.15) is 0 Å². The van der Waals surface area contributed by atoms with E-state index in [4.69, 9.17) is 5.11 Å². The van der Waals surface area contributed by atoms with E-state index in [0.29, 0.717) is 12.6 Å². The Kier molecular flexibility index (Phi) is 6.22. The van der Waals surface area contributed by atoms with Crippen molar-refractivity contribution in [3.8, 4) is 0 Å². The summed E-state index contributed by atoms with van der Waals surface area (Å²) >= 11 is 0. The molecule has 0 aromatic carbocycles. The largest absolute Gasteiger partial charge is 0.396 e. The van der Waals surface area contributed by atoms with E-state index in [2.05, 4.69) is 24.2 Å². The second kappa shape index (κ2) is 7.20. The predicted molar refractivity (Wildman–Crippen MR) is 64.0 cm³/mol. The average Bonchev–Trinajstić information content (AvgIpc) is 2.71. The Hall–Kier alpha value is -0.120. The van der Waals surface area contributed by atoms with Gasteiger partial charge in [0, 0.05) is 25.7 Å². The molecule has 2 atom stereocenters. The van der Waals surface area contributed by atoms with E-state index in [-0.39, 0.29) is 0 Å². The van der Waals surface area contributed by atoms with Gasteiger partial charge in [-0.3, -0.25) is 0 Å². The van der Waals surface area contributed by atoms with E-state index in [1.807, 2.05) is 0 Å². The highest BCUT2D eigenvalue weighted by Gasteiger charge is 2.26. The zero-order valence-electron chi connectivity index (χ0n) is 10.2. The monoisotopic (exact) mass is 214 g/mol. The molecule has 15 heavy (non-hydrogen) atoms. The van der Waals surface area contributed by atoms with Crippen molar-refractivity contribution in [3.05, 3.63) is 0 Å². The highest BCUT2D eigenvalue weighted by molar-refractivity contribution is 4.84. The maximum atomic E-state index is 8.83. The standard InChI is InChI=1S/C12H26N2O/c1-3-14(8-5-9-15)10-11-6-4-7-12(11)13-2/h11-13,15H,3-10H2,1-2H3. The van der Waals surface area contributed by atoms with Crippen molar-refractivity contribution in [2.45, 2.75) is 38.6 Å². The van der Waals surface area contributed by atoms with Crippen molar-refractivity contribution in [2.75, 3.05) is 33.3 Å².